The van der Waals surface area contributed by atoms with Crippen molar-refractivity contribution in [2.45, 2.75) is 0 Å². The molecule has 4 rings (SSSR count). The first-order chi connectivity index (χ1) is 13.0. The Morgan fingerprint density at radius 2 is 1.81 bits per heavy atom. The summed E-state index contributed by atoms with van der Waals surface area (Å²) < 4.78 is 0.851. The molecule has 1 aromatic heterocycles. The Balaban J connectivity index is 1.55. The normalized spacial score (nSPS) is 12.9. The van der Waals surface area contributed by atoms with Crippen LogP contribution in [0.1, 0.15) is 31.2 Å². The van der Waals surface area contributed by atoms with Crippen molar-refractivity contribution < 1.29 is 14.4 Å². The number of nitrogens with one attached hydrogen (secondary N) is 1. The Labute approximate surface area is 162 Å². The lowest BCUT2D eigenvalue weighted by Gasteiger charge is -2.14. The number of rotatable bonds is 3. The van der Waals surface area contributed by atoms with Gasteiger partial charge in [-0.3, -0.25) is 14.4 Å². The van der Waals surface area contributed by atoms with E-state index in [1.54, 1.807) is 36.4 Å². The number of anilines is 2. The zero-order valence-electron chi connectivity index (χ0n) is 13.7. The maximum atomic E-state index is 12.4. The highest BCUT2D eigenvalue weighted by atomic mass is 79.9. The number of carbonyl (C=O) groups is 3. The Hall–Kier alpha value is -3.39. The number of fused-ring (bicyclic) bond motifs is 1. The van der Waals surface area contributed by atoms with E-state index in [1.807, 2.05) is 12.1 Å². The third kappa shape index (κ3) is 3.11. The maximum Gasteiger partial charge on any atom is 0.284 e. The molecule has 0 saturated carbocycles. The van der Waals surface area contributed by atoms with Crippen LogP contribution in [0.5, 0.6) is 0 Å². The second-order valence-electron chi connectivity index (χ2n) is 5.74. The Bertz CT molecular complexity index is 1050. The van der Waals surface area contributed by atoms with E-state index < -0.39 is 11.8 Å². The molecule has 0 spiro atoms. The summed E-state index contributed by atoms with van der Waals surface area (Å²) in [5.74, 6) is -1.29. The molecule has 1 aliphatic heterocycles. The summed E-state index contributed by atoms with van der Waals surface area (Å²) in [4.78, 5) is 45.9. The van der Waals surface area contributed by atoms with Crippen molar-refractivity contribution in [3.63, 3.8) is 0 Å². The number of benzene rings is 2. The molecule has 0 aliphatic carbocycles. The monoisotopic (exact) mass is 422 g/mol. The van der Waals surface area contributed by atoms with Crippen molar-refractivity contribution in [1.29, 1.82) is 0 Å². The van der Waals surface area contributed by atoms with E-state index >= 15 is 0 Å². The van der Waals surface area contributed by atoms with Crippen LogP contribution in [0.15, 0.2) is 65.5 Å². The number of nitrogens with zero attached hydrogens (tertiary/aromatic N) is 3. The molecule has 0 saturated heterocycles. The molecule has 1 aliphatic rings. The van der Waals surface area contributed by atoms with Crippen molar-refractivity contribution in [2.75, 3.05) is 10.2 Å². The third-order valence-electron chi connectivity index (χ3n) is 4.02. The molecule has 0 bridgehead atoms. The summed E-state index contributed by atoms with van der Waals surface area (Å²) in [5, 5.41) is 2.79. The van der Waals surface area contributed by atoms with Crippen LogP contribution in [-0.4, -0.2) is 27.7 Å². The quantitative estimate of drug-likeness (QED) is 0.653. The van der Waals surface area contributed by atoms with Crippen molar-refractivity contribution in [3.05, 3.63) is 82.3 Å². The first-order valence-corrected chi connectivity index (χ1v) is 8.69. The summed E-state index contributed by atoms with van der Waals surface area (Å²) in [5.41, 5.74) is 1.65. The molecule has 3 aromatic rings. The molecule has 2 heterocycles. The van der Waals surface area contributed by atoms with Gasteiger partial charge >= 0.3 is 0 Å². The lowest BCUT2D eigenvalue weighted by Crippen LogP contribution is -2.29. The topological polar surface area (TPSA) is 92.3 Å². The van der Waals surface area contributed by atoms with Gasteiger partial charge in [0.25, 0.3) is 17.7 Å². The van der Waals surface area contributed by atoms with Crippen LogP contribution in [0, 0.1) is 0 Å². The lowest BCUT2D eigenvalue weighted by molar-refractivity contribution is 0.0924. The minimum atomic E-state index is -0.510. The number of aromatic nitrogens is 2. The van der Waals surface area contributed by atoms with Gasteiger partial charge in [0.1, 0.15) is 12.0 Å². The number of hydrogen-bond donors (Lipinski definition) is 1. The molecule has 27 heavy (non-hydrogen) atoms. The van der Waals surface area contributed by atoms with Crippen LogP contribution in [0.3, 0.4) is 0 Å². The highest BCUT2D eigenvalue weighted by molar-refractivity contribution is 9.10. The van der Waals surface area contributed by atoms with Crippen LogP contribution >= 0.6 is 15.9 Å². The fourth-order valence-corrected chi connectivity index (χ4v) is 3.14. The lowest BCUT2D eigenvalue weighted by atomic mass is 10.1. The van der Waals surface area contributed by atoms with Crippen molar-refractivity contribution in [2.24, 2.45) is 0 Å². The van der Waals surface area contributed by atoms with Gasteiger partial charge in [0.05, 0.1) is 11.3 Å². The fourth-order valence-electron chi connectivity index (χ4n) is 2.74. The van der Waals surface area contributed by atoms with Crippen LogP contribution in [0.25, 0.3) is 0 Å². The maximum absolute atomic E-state index is 12.4. The minimum Gasteiger partial charge on any atom is -0.322 e. The van der Waals surface area contributed by atoms with E-state index in [2.05, 4.69) is 31.2 Å². The summed E-state index contributed by atoms with van der Waals surface area (Å²) in [6.45, 7) is 0. The van der Waals surface area contributed by atoms with Gasteiger partial charge in [0.15, 0.2) is 0 Å². The van der Waals surface area contributed by atoms with Gasteiger partial charge in [-0.1, -0.05) is 22.0 Å². The summed E-state index contributed by atoms with van der Waals surface area (Å²) >= 11 is 3.35. The van der Waals surface area contributed by atoms with E-state index in [-0.39, 0.29) is 17.2 Å². The third-order valence-corrected chi connectivity index (χ3v) is 4.51. The molecule has 7 nitrogen and oxygen atoms in total. The number of halogens is 1. The number of amides is 3. The molecule has 0 unspecified atom stereocenters. The first-order valence-electron chi connectivity index (χ1n) is 7.90. The second kappa shape index (κ2) is 6.73. The van der Waals surface area contributed by atoms with Gasteiger partial charge in [-0.05, 0) is 42.5 Å². The highest BCUT2D eigenvalue weighted by Crippen LogP contribution is 2.27. The molecule has 8 heteroatoms. The molecular weight excluding hydrogens is 412 g/mol. The van der Waals surface area contributed by atoms with Crippen LogP contribution < -0.4 is 10.2 Å². The van der Waals surface area contributed by atoms with E-state index in [0.717, 1.165) is 9.37 Å². The molecule has 2 aromatic carbocycles. The van der Waals surface area contributed by atoms with Crippen molar-refractivity contribution in [1.82, 2.24) is 9.97 Å². The molecule has 3 amide bonds. The zero-order chi connectivity index (χ0) is 19.0. The molecule has 0 atom stereocenters. The van der Waals surface area contributed by atoms with Crippen molar-refractivity contribution >= 4 is 45.0 Å². The Morgan fingerprint density at radius 1 is 1.04 bits per heavy atom. The molecule has 132 valence electrons. The first kappa shape index (κ1) is 17.0. The molecule has 0 radical (unpaired) electrons. The van der Waals surface area contributed by atoms with Crippen LogP contribution in [0.2, 0.25) is 0 Å². The number of hydrogen-bond acceptors (Lipinski definition) is 5. The smallest absolute Gasteiger partial charge is 0.284 e. The van der Waals surface area contributed by atoms with Gasteiger partial charge in [-0.25, -0.2) is 14.9 Å². The molecule has 1 N–H and O–H groups in total. The average molecular weight is 423 g/mol. The Morgan fingerprint density at radius 3 is 2.52 bits per heavy atom. The number of imide groups is 1. The zero-order valence-corrected chi connectivity index (χ0v) is 15.3. The van der Waals surface area contributed by atoms with Crippen molar-refractivity contribution in [3.8, 4) is 0 Å². The average Bonchev–Trinajstić information content (AvgIpc) is 2.93. The predicted octanol–water partition coefficient (Wildman–Crippen LogP) is 3.29. The molecule has 0 fully saturated rings. The summed E-state index contributed by atoms with van der Waals surface area (Å²) in [7, 11) is 0. The number of carbonyl (C=O) groups excluding carboxylic acids is 3. The van der Waals surface area contributed by atoms with Gasteiger partial charge in [-0.15, -0.1) is 0 Å². The van der Waals surface area contributed by atoms with Gasteiger partial charge < -0.3 is 5.32 Å². The van der Waals surface area contributed by atoms with Crippen LogP contribution in [0.4, 0.5) is 11.4 Å². The van der Waals surface area contributed by atoms with Gasteiger partial charge in [0.2, 0.25) is 0 Å². The van der Waals surface area contributed by atoms with Gasteiger partial charge in [-0.2, -0.15) is 0 Å². The highest BCUT2D eigenvalue weighted by Gasteiger charge is 2.38. The van der Waals surface area contributed by atoms with E-state index in [4.69, 9.17) is 0 Å². The fraction of sp³-hybridized carbons (Fsp3) is 0. The summed E-state index contributed by atoms with van der Waals surface area (Å²) in [6.07, 6.45) is 2.55. The van der Waals surface area contributed by atoms with E-state index in [0.29, 0.717) is 16.9 Å². The summed E-state index contributed by atoms with van der Waals surface area (Å²) in [6, 6.07) is 13.4. The Kier molecular flexibility index (Phi) is 4.25. The van der Waals surface area contributed by atoms with Gasteiger partial charge in [0, 0.05) is 21.9 Å². The van der Waals surface area contributed by atoms with E-state index in [9.17, 15) is 14.4 Å². The van der Waals surface area contributed by atoms with Crippen LogP contribution in [-0.2, 0) is 0 Å². The predicted molar refractivity (Wildman–Crippen MR) is 102 cm³/mol. The largest absolute Gasteiger partial charge is 0.322 e. The molecular formula is C19H11BrN4O3. The SMILES string of the molecule is O=C(Nc1cccc(Br)c1)c1ccc(N2C(=O)c3cncnc3C2=O)cc1. The second-order valence-corrected chi connectivity index (χ2v) is 6.66. The van der Waals surface area contributed by atoms with E-state index in [1.165, 1.54) is 12.5 Å². The standard InChI is InChI=1S/C19H11BrN4O3/c20-12-2-1-3-13(8-12)23-17(25)11-4-6-14(7-5-11)24-18(26)15-9-21-10-22-16(15)19(24)27/h1-10H,(H,23,25). The minimum absolute atomic E-state index is 0.0754.